The summed E-state index contributed by atoms with van der Waals surface area (Å²) in [5.41, 5.74) is -0.0480. The lowest BCUT2D eigenvalue weighted by Crippen LogP contribution is -2.35. The molecule has 0 unspecified atom stereocenters. The number of halogens is 2. The summed E-state index contributed by atoms with van der Waals surface area (Å²) in [4.78, 5) is 0. The highest BCUT2D eigenvalue weighted by Gasteiger charge is 2.11. The Hall–Kier alpha value is -0.450. The van der Waals surface area contributed by atoms with Crippen molar-refractivity contribution in [2.24, 2.45) is 0 Å². The summed E-state index contributed by atoms with van der Waals surface area (Å²) in [6.07, 6.45) is 0.612. The Balaban J connectivity index is 2.40. The molecule has 2 nitrogen and oxygen atoms in total. The largest absolute Gasteiger partial charge is 0.389 e. The lowest BCUT2D eigenvalue weighted by atomic mass is 10.1. The molecule has 0 aliphatic heterocycles. The SMILES string of the molecule is CC(C)(O)CNCCc1cc(Br)ccc1F. The number of hydrogen-bond acceptors (Lipinski definition) is 2. The predicted octanol–water partition coefficient (Wildman–Crippen LogP) is 2.49. The van der Waals surface area contributed by atoms with E-state index in [0.717, 1.165) is 4.47 Å². The summed E-state index contributed by atoms with van der Waals surface area (Å²) in [6, 6.07) is 4.92. The van der Waals surface area contributed by atoms with Gasteiger partial charge in [0.15, 0.2) is 0 Å². The van der Waals surface area contributed by atoms with Gasteiger partial charge in [0, 0.05) is 11.0 Å². The first-order chi connectivity index (χ1) is 7.38. The lowest BCUT2D eigenvalue weighted by Gasteiger charge is -2.17. The van der Waals surface area contributed by atoms with E-state index in [9.17, 15) is 9.50 Å². The molecule has 0 bridgehead atoms. The van der Waals surface area contributed by atoms with Gasteiger partial charge in [-0.05, 0) is 50.6 Å². The van der Waals surface area contributed by atoms with Crippen LogP contribution >= 0.6 is 15.9 Å². The molecular formula is C12H17BrFNO. The van der Waals surface area contributed by atoms with E-state index >= 15 is 0 Å². The van der Waals surface area contributed by atoms with Crippen LogP contribution in [0.4, 0.5) is 4.39 Å². The van der Waals surface area contributed by atoms with E-state index in [-0.39, 0.29) is 5.82 Å². The summed E-state index contributed by atoms with van der Waals surface area (Å²) in [6.45, 7) is 4.62. The molecule has 1 rings (SSSR count). The van der Waals surface area contributed by atoms with Crippen molar-refractivity contribution in [1.82, 2.24) is 5.32 Å². The molecule has 0 radical (unpaired) electrons. The van der Waals surface area contributed by atoms with E-state index in [4.69, 9.17) is 0 Å². The Kier molecular flexibility index (Phi) is 4.89. The molecule has 90 valence electrons. The summed E-state index contributed by atoms with van der Waals surface area (Å²) >= 11 is 3.31. The Morgan fingerprint density at radius 2 is 2.12 bits per heavy atom. The average Bonchev–Trinajstić information content (AvgIpc) is 2.16. The standard InChI is InChI=1S/C12H17BrFNO/c1-12(2,16)8-15-6-5-9-7-10(13)3-4-11(9)14/h3-4,7,15-16H,5-6,8H2,1-2H3. The van der Waals surface area contributed by atoms with Crippen LogP contribution in [0.1, 0.15) is 19.4 Å². The molecule has 0 aromatic heterocycles. The van der Waals surface area contributed by atoms with E-state index in [1.165, 1.54) is 6.07 Å². The molecule has 0 aliphatic rings. The highest BCUT2D eigenvalue weighted by molar-refractivity contribution is 9.10. The van der Waals surface area contributed by atoms with E-state index in [0.29, 0.717) is 25.1 Å². The molecule has 0 aliphatic carbocycles. The van der Waals surface area contributed by atoms with Gasteiger partial charge in [0.25, 0.3) is 0 Å². The minimum Gasteiger partial charge on any atom is -0.389 e. The first-order valence-corrected chi connectivity index (χ1v) is 6.05. The van der Waals surface area contributed by atoms with Gasteiger partial charge in [0.05, 0.1) is 5.60 Å². The molecule has 0 atom stereocenters. The number of aliphatic hydroxyl groups is 1. The third kappa shape index (κ3) is 5.05. The van der Waals surface area contributed by atoms with Crippen molar-refractivity contribution >= 4 is 15.9 Å². The van der Waals surface area contributed by atoms with Crippen LogP contribution in [0.25, 0.3) is 0 Å². The molecule has 1 aromatic carbocycles. The summed E-state index contributed by atoms with van der Waals surface area (Å²) < 4.78 is 14.2. The molecule has 16 heavy (non-hydrogen) atoms. The van der Waals surface area contributed by atoms with Gasteiger partial charge in [-0.25, -0.2) is 4.39 Å². The molecule has 0 saturated heterocycles. The second-order valence-electron chi connectivity index (χ2n) is 4.47. The first kappa shape index (κ1) is 13.6. The third-order valence-corrected chi connectivity index (χ3v) is 2.63. The van der Waals surface area contributed by atoms with Crippen LogP contribution in [0, 0.1) is 5.82 Å². The zero-order valence-corrected chi connectivity index (χ0v) is 11.1. The fourth-order valence-corrected chi connectivity index (χ4v) is 1.76. The fraction of sp³-hybridized carbons (Fsp3) is 0.500. The molecule has 2 N–H and O–H groups in total. The zero-order chi connectivity index (χ0) is 12.2. The Bertz CT molecular complexity index is 349. The Morgan fingerprint density at radius 1 is 1.44 bits per heavy atom. The van der Waals surface area contributed by atoms with Crippen LogP contribution in [-0.2, 0) is 6.42 Å². The predicted molar refractivity (Wildman–Crippen MR) is 67.0 cm³/mol. The van der Waals surface area contributed by atoms with Crippen molar-refractivity contribution in [3.8, 4) is 0 Å². The van der Waals surface area contributed by atoms with Crippen LogP contribution in [0.5, 0.6) is 0 Å². The van der Waals surface area contributed by atoms with Crippen molar-refractivity contribution in [2.45, 2.75) is 25.9 Å². The molecule has 0 saturated carbocycles. The maximum atomic E-state index is 13.3. The van der Waals surface area contributed by atoms with E-state index in [1.54, 1.807) is 26.0 Å². The number of rotatable bonds is 5. The number of benzene rings is 1. The lowest BCUT2D eigenvalue weighted by molar-refractivity contribution is 0.0801. The van der Waals surface area contributed by atoms with Crippen molar-refractivity contribution < 1.29 is 9.50 Å². The average molecular weight is 290 g/mol. The molecule has 0 heterocycles. The number of hydrogen-bond donors (Lipinski definition) is 2. The minimum absolute atomic E-state index is 0.187. The van der Waals surface area contributed by atoms with Gasteiger partial charge in [-0.1, -0.05) is 15.9 Å². The van der Waals surface area contributed by atoms with Gasteiger partial charge in [0.2, 0.25) is 0 Å². The molecule has 0 fully saturated rings. The highest BCUT2D eigenvalue weighted by Crippen LogP contribution is 2.15. The van der Waals surface area contributed by atoms with Crippen LogP contribution < -0.4 is 5.32 Å². The van der Waals surface area contributed by atoms with Crippen molar-refractivity contribution in [1.29, 1.82) is 0 Å². The van der Waals surface area contributed by atoms with Crippen LogP contribution in [0.15, 0.2) is 22.7 Å². The smallest absolute Gasteiger partial charge is 0.126 e. The minimum atomic E-state index is -0.726. The van der Waals surface area contributed by atoms with Gasteiger partial charge in [-0.15, -0.1) is 0 Å². The van der Waals surface area contributed by atoms with E-state index in [1.807, 2.05) is 0 Å². The van der Waals surface area contributed by atoms with Gasteiger partial charge in [0.1, 0.15) is 5.82 Å². The van der Waals surface area contributed by atoms with E-state index < -0.39 is 5.60 Å². The van der Waals surface area contributed by atoms with Crippen molar-refractivity contribution in [3.05, 3.63) is 34.1 Å². The maximum Gasteiger partial charge on any atom is 0.126 e. The first-order valence-electron chi connectivity index (χ1n) is 5.25. The second-order valence-corrected chi connectivity index (χ2v) is 5.39. The topological polar surface area (TPSA) is 32.3 Å². The van der Waals surface area contributed by atoms with Gasteiger partial charge in [-0.2, -0.15) is 0 Å². The molecule has 4 heteroatoms. The van der Waals surface area contributed by atoms with Crippen LogP contribution in [-0.4, -0.2) is 23.8 Å². The van der Waals surface area contributed by atoms with Crippen molar-refractivity contribution in [2.75, 3.05) is 13.1 Å². The van der Waals surface area contributed by atoms with Gasteiger partial charge < -0.3 is 10.4 Å². The Labute approximate surface area is 104 Å². The number of nitrogens with one attached hydrogen (secondary N) is 1. The molecular weight excluding hydrogens is 273 g/mol. The summed E-state index contributed by atoms with van der Waals surface area (Å²) in [5, 5.41) is 12.6. The normalized spacial score (nSPS) is 11.8. The maximum absolute atomic E-state index is 13.3. The third-order valence-electron chi connectivity index (χ3n) is 2.14. The summed E-state index contributed by atoms with van der Waals surface area (Å²) in [7, 11) is 0. The monoisotopic (exact) mass is 289 g/mol. The Morgan fingerprint density at radius 3 is 2.75 bits per heavy atom. The van der Waals surface area contributed by atoms with Crippen molar-refractivity contribution in [3.63, 3.8) is 0 Å². The second kappa shape index (κ2) is 5.75. The molecule has 0 amide bonds. The zero-order valence-electron chi connectivity index (χ0n) is 9.56. The van der Waals surface area contributed by atoms with Crippen LogP contribution in [0.3, 0.4) is 0 Å². The van der Waals surface area contributed by atoms with E-state index in [2.05, 4.69) is 21.2 Å². The quantitative estimate of drug-likeness (QED) is 0.817. The van der Waals surface area contributed by atoms with Gasteiger partial charge in [-0.3, -0.25) is 0 Å². The summed E-state index contributed by atoms with van der Waals surface area (Å²) in [5.74, 6) is -0.187. The van der Waals surface area contributed by atoms with Crippen LogP contribution in [0.2, 0.25) is 0 Å². The highest BCUT2D eigenvalue weighted by atomic mass is 79.9. The molecule has 0 spiro atoms. The molecule has 1 aromatic rings. The fourth-order valence-electron chi connectivity index (χ4n) is 1.35. The van der Waals surface area contributed by atoms with Gasteiger partial charge >= 0.3 is 0 Å².